The molecule has 0 unspecified atom stereocenters. The Morgan fingerprint density at radius 2 is 1.83 bits per heavy atom. The van der Waals surface area contributed by atoms with Crippen molar-refractivity contribution in [2.24, 2.45) is 0 Å². The summed E-state index contributed by atoms with van der Waals surface area (Å²) in [5.74, 6) is 0. The lowest BCUT2D eigenvalue weighted by molar-refractivity contribution is 0.177. The van der Waals surface area contributed by atoms with Crippen molar-refractivity contribution in [2.75, 3.05) is 24.7 Å². The summed E-state index contributed by atoms with van der Waals surface area (Å²) in [6.07, 6.45) is 0.155. The quantitative estimate of drug-likeness (QED) is 0.715. The van der Waals surface area contributed by atoms with Crippen LogP contribution in [0.15, 0.2) is 53.4 Å². The van der Waals surface area contributed by atoms with Crippen LogP contribution in [0.2, 0.25) is 0 Å². The minimum Gasteiger partial charge on any atom is -0.452 e. The van der Waals surface area contributed by atoms with Gasteiger partial charge in [0.1, 0.15) is 0 Å². The number of amides is 1. The molecule has 0 radical (unpaired) electrons. The van der Waals surface area contributed by atoms with Crippen LogP contribution in [0.4, 0.5) is 16.2 Å². The van der Waals surface area contributed by atoms with E-state index in [4.69, 9.17) is 5.73 Å². The number of benzene rings is 2. The molecular formula is C16H19N3O4S. The number of carbonyl (C=O) groups excluding carboxylic acids is 1. The Labute approximate surface area is 140 Å². The van der Waals surface area contributed by atoms with E-state index in [-0.39, 0.29) is 4.90 Å². The van der Waals surface area contributed by atoms with Crippen LogP contribution in [0.5, 0.6) is 0 Å². The first kappa shape index (κ1) is 17.6. The Morgan fingerprint density at radius 1 is 1.17 bits per heavy atom. The monoisotopic (exact) mass is 349 g/mol. The molecule has 128 valence electrons. The molecule has 0 aliphatic carbocycles. The van der Waals surface area contributed by atoms with Crippen LogP contribution < -0.4 is 15.8 Å². The number of nitrogens with one attached hydrogen (secondary N) is 2. The van der Waals surface area contributed by atoms with Crippen LogP contribution in [0.1, 0.15) is 5.56 Å². The van der Waals surface area contributed by atoms with Crippen molar-refractivity contribution in [3.05, 3.63) is 54.1 Å². The van der Waals surface area contributed by atoms with Crippen molar-refractivity contribution in [3.63, 3.8) is 0 Å². The number of methoxy groups -OCH3 is 1. The number of hydrogen-bond acceptors (Lipinski definition) is 6. The molecule has 2 aromatic carbocycles. The summed E-state index contributed by atoms with van der Waals surface area (Å²) < 4.78 is 28.8. The number of rotatable bonds is 2. The number of nitrogens with two attached hydrogens (primary N) is 1. The number of sulfonamides is 1. The number of fused-ring (bicyclic) bond motifs is 1. The molecule has 0 atom stereocenters. The number of nitrogen functional groups attached to an aromatic ring is 1. The fraction of sp³-hybridized carbons (Fsp3) is 0.188. The molecule has 1 aliphatic rings. The van der Waals surface area contributed by atoms with Crippen molar-refractivity contribution < 1.29 is 17.9 Å². The van der Waals surface area contributed by atoms with Gasteiger partial charge in [0.05, 0.1) is 12.0 Å². The summed E-state index contributed by atoms with van der Waals surface area (Å²) in [7, 11) is -2.79. The van der Waals surface area contributed by atoms with E-state index in [9.17, 15) is 13.2 Å². The molecule has 1 aliphatic heterocycles. The molecule has 2 aromatic rings. The highest BCUT2D eigenvalue weighted by Crippen LogP contribution is 2.20. The molecule has 1 amide bonds. The summed E-state index contributed by atoms with van der Waals surface area (Å²) in [6.45, 7) is 1.11. The predicted molar refractivity (Wildman–Crippen MR) is 92.2 cm³/mol. The van der Waals surface area contributed by atoms with E-state index in [0.29, 0.717) is 5.69 Å². The fourth-order valence-electron chi connectivity index (χ4n) is 2.10. The van der Waals surface area contributed by atoms with Crippen LogP contribution in [0, 0.1) is 0 Å². The molecule has 3 rings (SSSR count). The Morgan fingerprint density at radius 3 is 2.46 bits per heavy atom. The average Bonchev–Trinajstić information content (AvgIpc) is 3.04. The second-order valence-corrected chi connectivity index (χ2v) is 6.68. The first-order valence-corrected chi connectivity index (χ1v) is 8.69. The zero-order valence-corrected chi connectivity index (χ0v) is 14.0. The lowest BCUT2D eigenvalue weighted by Gasteiger charge is -2.05. The van der Waals surface area contributed by atoms with Crippen molar-refractivity contribution in [3.8, 4) is 0 Å². The van der Waals surface area contributed by atoms with Crippen LogP contribution in [0.3, 0.4) is 0 Å². The van der Waals surface area contributed by atoms with Gasteiger partial charge in [0.15, 0.2) is 0 Å². The molecule has 0 saturated carbocycles. The molecule has 0 bridgehead atoms. The fourth-order valence-corrected chi connectivity index (χ4v) is 3.01. The van der Waals surface area contributed by atoms with E-state index in [0.717, 1.165) is 13.7 Å². The topological polar surface area (TPSA) is 111 Å². The predicted octanol–water partition coefficient (Wildman–Crippen LogP) is 1.97. The number of hydrogen-bond donors (Lipinski definition) is 3. The van der Waals surface area contributed by atoms with Gasteiger partial charge in [0, 0.05) is 17.9 Å². The van der Waals surface area contributed by atoms with Crippen molar-refractivity contribution in [2.45, 2.75) is 11.3 Å². The van der Waals surface area contributed by atoms with E-state index in [1.54, 1.807) is 4.72 Å². The second-order valence-electron chi connectivity index (χ2n) is 5.00. The highest BCUT2D eigenvalue weighted by molar-refractivity contribution is 7.90. The van der Waals surface area contributed by atoms with Gasteiger partial charge in [-0.3, -0.25) is 0 Å². The van der Waals surface area contributed by atoms with E-state index in [1.807, 2.05) is 0 Å². The normalized spacial score (nSPS) is 12.2. The minimum absolute atomic E-state index is 0.0536. The van der Waals surface area contributed by atoms with E-state index in [1.165, 1.54) is 41.9 Å². The summed E-state index contributed by atoms with van der Waals surface area (Å²) in [4.78, 5) is 10.7. The average molecular weight is 349 g/mol. The van der Waals surface area contributed by atoms with Gasteiger partial charge in [-0.2, -0.15) is 0 Å². The highest BCUT2D eigenvalue weighted by atomic mass is 32.2. The Kier molecular flexibility index (Phi) is 5.64. The van der Waals surface area contributed by atoms with Gasteiger partial charge in [-0.05, 0) is 42.3 Å². The van der Waals surface area contributed by atoms with Gasteiger partial charge in [-0.25, -0.2) is 17.9 Å². The molecule has 24 heavy (non-hydrogen) atoms. The van der Waals surface area contributed by atoms with Gasteiger partial charge < -0.3 is 15.8 Å². The maximum Gasteiger partial charge on any atom is 0.420 e. The van der Waals surface area contributed by atoms with Crippen LogP contribution in [0.25, 0.3) is 0 Å². The summed E-state index contributed by atoms with van der Waals surface area (Å²) >= 11 is 0. The van der Waals surface area contributed by atoms with E-state index >= 15 is 0 Å². The largest absolute Gasteiger partial charge is 0.452 e. The standard InChI is InChI=1S/C8H10N2O4S.C8H9N/c1-14-8(11)10-15(12,13)7-4-2-6(9)3-5-7;1-2-4-8-7(3-1)5-6-9-8/h2-5H,9H2,1H3,(H,10,11);1-4,9H,5-6H2. The minimum atomic E-state index is -3.87. The summed E-state index contributed by atoms with van der Waals surface area (Å²) in [5, 5.41) is 3.30. The third kappa shape index (κ3) is 4.63. The van der Waals surface area contributed by atoms with Crippen molar-refractivity contribution in [1.82, 2.24) is 4.72 Å². The van der Waals surface area contributed by atoms with E-state index < -0.39 is 16.1 Å². The summed E-state index contributed by atoms with van der Waals surface area (Å²) in [5.41, 5.74) is 8.60. The van der Waals surface area contributed by atoms with Gasteiger partial charge in [-0.15, -0.1) is 0 Å². The van der Waals surface area contributed by atoms with Gasteiger partial charge in [0.25, 0.3) is 10.0 Å². The van der Waals surface area contributed by atoms with Crippen LogP contribution in [-0.4, -0.2) is 28.2 Å². The first-order chi connectivity index (χ1) is 11.4. The van der Waals surface area contributed by atoms with Crippen molar-refractivity contribution >= 4 is 27.5 Å². The Hall–Kier alpha value is -2.74. The molecule has 4 N–H and O–H groups in total. The van der Waals surface area contributed by atoms with Crippen molar-refractivity contribution in [1.29, 1.82) is 0 Å². The highest BCUT2D eigenvalue weighted by Gasteiger charge is 2.17. The second kappa shape index (κ2) is 7.69. The summed E-state index contributed by atoms with van der Waals surface area (Å²) in [6, 6.07) is 13.9. The number of anilines is 2. The van der Waals surface area contributed by atoms with Gasteiger partial charge in [0.2, 0.25) is 0 Å². The maximum atomic E-state index is 11.5. The maximum absolute atomic E-state index is 11.5. The van der Waals surface area contributed by atoms with Crippen LogP contribution in [-0.2, 0) is 21.2 Å². The molecule has 0 spiro atoms. The third-order valence-corrected chi connectivity index (χ3v) is 4.65. The number of carbonyl (C=O) groups is 1. The van der Waals surface area contributed by atoms with Crippen LogP contribution >= 0.6 is 0 Å². The number of para-hydroxylation sites is 1. The molecule has 0 saturated heterocycles. The molecule has 7 nitrogen and oxygen atoms in total. The van der Waals surface area contributed by atoms with Gasteiger partial charge in [-0.1, -0.05) is 18.2 Å². The Balaban J connectivity index is 0.000000194. The zero-order valence-electron chi connectivity index (χ0n) is 13.2. The third-order valence-electron chi connectivity index (χ3n) is 3.32. The van der Waals surface area contributed by atoms with E-state index in [2.05, 4.69) is 34.3 Å². The molecule has 1 heterocycles. The SMILES string of the molecule is COC(=O)NS(=O)(=O)c1ccc(N)cc1.c1ccc2c(c1)CCN2. The Bertz CT molecular complexity index is 781. The lowest BCUT2D eigenvalue weighted by atomic mass is 10.2. The molecule has 8 heteroatoms. The molecule has 0 aromatic heterocycles. The number of ether oxygens (including phenoxy) is 1. The molecular weight excluding hydrogens is 330 g/mol. The zero-order chi connectivity index (χ0) is 17.6. The smallest absolute Gasteiger partial charge is 0.420 e. The first-order valence-electron chi connectivity index (χ1n) is 7.20. The lowest BCUT2D eigenvalue weighted by Crippen LogP contribution is -2.30. The molecule has 0 fully saturated rings. The van der Waals surface area contributed by atoms with Gasteiger partial charge >= 0.3 is 6.09 Å².